The van der Waals surface area contributed by atoms with Crippen LogP contribution in [0.25, 0.3) is 0 Å². The zero-order valence-electron chi connectivity index (χ0n) is 12.8. The molecule has 1 aliphatic carbocycles. The van der Waals surface area contributed by atoms with Crippen molar-refractivity contribution in [3.8, 4) is 0 Å². The number of hydrogen-bond donors (Lipinski definition) is 2. The van der Waals surface area contributed by atoms with Gasteiger partial charge in [-0.25, -0.2) is 0 Å². The molecule has 1 saturated carbocycles. The van der Waals surface area contributed by atoms with Crippen LogP contribution in [0, 0.1) is 11.8 Å². The number of unbranched alkanes of at least 4 members (excludes halogenated alkanes) is 1. The summed E-state index contributed by atoms with van der Waals surface area (Å²) in [7, 11) is 0. The molecule has 112 valence electrons. The summed E-state index contributed by atoms with van der Waals surface area (Å²) in [6.07, 6.45) is 10.5. The number of nitrogens with two attached hydrogens (primary N) is 1. The highest BCUT2D eigenvalue weighted by Gasteiger charge is 2.25. The Morgan fingerprint density at radius 1 is 1.26 bits per heavy atom. The Kier molecular flexibility index (Phi) is 8.11. The van der Waals surface area contributed by atoms with Crippen LogP contribution in [0.1, 0.15) is 71.6 Å². The van der Waals surface area contributed by atoms with Crippen LogP contribution in [0.15, 0.2) is 0 Å². The number of carbonyl (C=O) groups excluding carboxylic acids is 1. The highest BCUT2D eigenvalue weighted by molar-refractivity contribution is 5.78. The van der Waals surface area contributed by atoms with Gasteiger partial charge in [0, 0.05) is 18.5 Å². The predicted molar refractivity (Wildman–Crippen MR) is 80.9 cm³/mol. The van der Waals surface area contributed by atoms with E-state index in [2.05, 4.69) is 19.2 Å². The molecule has 19 heavy (non-hydrogen) atoms. The number of carbonyl (C=O) groups is 1. The van der Waals surface area contributed by atoms with Crippen molar-refractivity contribution < 1.29 is 4.79 Å². The smallest absolute Gasteiger partial charge is 0.223 e. The fraction of sp³-hybridized carbons (Fsp3) is 0.938. The maximum atomic E-state index is 12.0. The summed E-state index contributed by atoms with van der Waals surface area (Å²) >= 11 is 0. The van der Waals surface area contributed by atoms with Crippen molar-refractivity contribution in [2.24, 2.45) is 17.6 Å². The number of hydrogen-bond acceptors (Lipinski definition) is 2. The van der Waals surface area contributed by atoms with Crippen LogP contribution in [-0.2, 0) is 4.79 Å². The number of rotatable bonds is 8. The van der Waals surface area contributed by atoms with Gasteiger partial charge in [0.15, 0.2) is 0 Å². The summed E-state index contributed by atoms with van der Waals surface area (Å²) in [6, 6.07) is 0.227. The molecule has 0 bridgehead atoms. The highest BCUT2D eigenvalue weighted by atomic mass is 16.1. The second-order valence-corrected chi connectivity index (χ2v) is 6.11. The second-order valence-electron chi connectivity index (χ2n) is 6.11. The van der Waals surface area contributed by atoms with E-state index < -0.39 is 0 Å². The molecule has 1 atom stereocenters. The van der Waals surface area contributed by atoms with Crippen molar-refractivity contribution in [3.63, 3.8) is 0 Å². The van der Waals surface area contributed by atoms with E-state index in [1.54, 1.807) is 0 Å². The van der Waals surface area contributed by atoms with Crippen molar-refractivity contribution in [2.45, 2.75) is 77.7 Å². The molecule has 0 spiro atoms. The van der Waals surface area contributed by atoms with Crippen LogP contribution in [0.3, 0.4) is 0 Å². The van der Waals surface area contributed by atoms with Crippen molar-refractivity contribution in [1.29, 1.82) is 0 Å². The molecule has 0 radical (unpaired) electrons. The molecule has 3 heteroatoms. The molecule has 0 aliphatic heterocycles. The van der Waals surface area contributed by atoms with E-state index in [0.717, 1.165) is 38.1 Å². The van der Waals surface area contributed by atoms with Crippen LogP contribution in [-0.4, -0.2) is 18.5 Å². The molecule has 0 heterocycles. The van der Waals surface area contributed by atoms with Crippen LogP contribution < -0.4 is 11.1 Å². The number of amides is 1. The summed E-state index contributed by atoms with van der Waals surface area (Å²) in [4.78, 5) is 12.0. The minimum Gasteiger partial charge on any atom is -0.356 e. The van der Waals surface area contributed by atoms with E-state index in [1.807, 2.05) is 0 Å². The molecule has 0 aromatic carbocycles. The molecule has 1 rings (SSSR count). The lowest BCUT2D eigenvalue weighted by molar-refractivity contribution is -0.126. The van der Waals surface area contributed by atoms with Gasteiger partial charge in [-0.1, -0.05) is 33.1 Å². The van der Waals surface area contributed by atoms with E-state index in [1.165, 1.54) is 32.1 Å². The Morgan fingerprint density at radius 3 is 2.53 bits per heavy atom. The lowest BCUT2D eigenvalue weighted by Crippen LogP contribution is -2.35. The standard InChI is InChI=1S/C16H32N2O/c1-3-5-6-13-7-9-14(10-8-13)16(19)18-12-11-15(17)4-2/h13-15H,3-12,17H2,1-2H3,(H,18,19). The zero-order valence-corrected chi connectivity index (χ0v) is 12.8. The molecule has 0 aromatic heterocycles. The summed E-state index contributed by atoms with van der Waals surface area (Å²) in [5.74, 6) is 1.39. The molecule has 1 amide bonds. The molecule has 0 saturated heterocycles. The zero-order chi connectivity index (χ0) is 14.1. The SMILES string of the molecule is CCCCC1CCC(C(=O)NCCC(N)CC)CC1. The largest absolute Gasteiger partial charge is 0.356 e. The summed E-state index contributed by atoms with van der Waals surface area (Å²) < 4.78 is 0. The average molecular weight is 268 g/mol. The third-order valence-electron chi connectivity index (χ3n) is 4.52. The Labute approximate surface area is 118 Å². The Balaban J connectivity index is 2.14. The van der Waals surface area contributed by atoms with Crippen molar-refractivity contribution in [2.75, 3.05) is 6.54 Å². The monoisotopic (exact) mass is 268 g/mol. The lowest BCUT2D eigenvalue weighted by atomic mass is 9.79. The Bertz CT molecular complexity index is 247. The summed E-state index contributed by atoms with van der Waals surface area (Å²) in [6.45, 7) is 5.08. The van der Waals surface area contributed by atoms with Crippen molar-refractivity contribution in [1.82, 2.24) is 5.32 Å². The molecule has 0 aromatic rings. The van der Waals surface area contributed by atoms with Gasteiger partial charge in [-0.2, -0.15) is 0 Å². The minimum absolute atomic E-state index is 0.227. The first kappa shape index (κ1) is 16.5. The van der Waals surface area contributed by atoms with Gasteiger partial charge in [0.05, 0.1) is 0 Å². The summed E-state index contributed by atoms with van der Waals surface area (Å²) in [5, 5.41) is 3.06. The molecular formula is C16H32N2O. The first-order chi connectivity index (χ1) is 9.17. The van der Waals surface area contributed by atoms with Gasteiger partial charge in [-0.05, 0) is 44.4 Å². The normalized spacial score (nSPS) is 25.0. The fourth-order valence-corrected chi connectivity index (χ4v) is 2.94. The van der Waals surface area contributed by atoms with Crippen LogP contribution in [0.5, 0.6) is 0 Å². The van der Waals surface area contributed by atoms with E-state index in [-0.39, 0.29) is 17.9 Å². The first-order valence-electron chi connectivity index (χ1n) is 8.20. The molecule has 3 nitrogen and oxygen atoms in total. The van der Waals surface area contributed by atoms with Gasteiger partial charge >= 0.3 is 0 Å². The topological polar surface area (TPSA) is 55.1 Å². The van der Waals surface area contributed by atoms with Crippen LogP contribution >= 0.6 is 0 Å². The summed E-state index contributed by atoms with van der Waals surface area (Å²) in [5.41, 5.74) is 5.85. The molecule has 3 N–H and O–H groups in total. The highest BCUT2D eigenvalue weighted by Crippen LogP contribution is 2.31. The van der Waals surface area contributed by atoms with Gasteiger partial charge in [-0.15, -0.1) is 0 Å². The van der Waals surface area contributed by atoms with E-state index in [9.17, 15) is 4.79 Å². The lowest BCUT2D eigenvalue weighted by Gasteiger charge is -2.27. The third-order valence-corrected chi connectivity index (χ3v) is 4.52. The first-order valence-corrected chi connectivity index (χ1v) is 8.20. The Morgan fingerprint density at radius 2 is 1.95 bits per heavy atom. The minimum atomic E-state index is 0.227. The molecular weight excluding hydrogens is 236 g/mol. The van der Waals surface area contributed by atoms with Gasteiger partial charge in [-0.3, -0.25) is 4.79 Å². The molecule has 1 fully saturated rings. The maximum Gasteiger partial charge on any atom is 0.223 e. The van der Waals surface area contributed by atoms with Crippen molar-refractivity contribution in [3.05, 3.63) is 0 Å². The van der Waals surface area contributed by atoms with Gasteiger partial charge < -0.3 is 11.1 Å². The average Bonchev–Trinajstić information content (AvgIpc) is 2.45. The van der Waals surface area contributed by atoms with Gasteiger partial charge in [0.25, 0.3) is 0 Å². The molecule has 1 unspecified atom stereocenters. The van der Waals surface area contributed by atoms with E-state index in [4.69, 9.17) is 5.73 Å². The fourth-order valence-electron chi connectivity index (χ4n) is 2.94. The number of nitrogens with one attached hydrogen (secondary N) is 1. The maximum absolute atomic E-state index is 12.0. The third kappa shape index (κ3) is 6.42. The van der Waals surface area contributed by atoms with Crippen LogP contribution in [0.4, 0.5) is 0 Å². The quantitative estimate of drug-likeness (QED) is 0.710. The second kappa shape index (κ2) is 9.35. The van der Waals surface area contributed by atoms with Gasteiger partial charge in [0.2, 0.25) is 5.91 Å². The van der Waals surface area contributed by atoms with Gasteiger partial charge in [0.1, 0.15) is 0 Å². The predicted octanol–water partition coefficient (Wildman–Crippen LogP) is 3.23. The van der Waals surface area contributed by atoms with Crippen molar-refractivity contribution >= 4 is 5.91 Å². The van der Waals surface area contributed by atoms with Crippen LogP contribution in [0.2, 0.25) is 0 Å². The van der Waals surface area contributed by atoms with E-state index in [0.29, 0.717) is 0 Å². The Hall–Kier alpha value is -0.570. The van der Waals surface area contributed by atoms with E-state index >= 15 is 0 Å². The molecule has 1 aliphatic rings.